The monoisotopic (exact) mass is 202 g/mol. The van der Waals surface area contributed by atoms with Crippen molar-refractivity contribution in [3.63, 3.8) is 0 Å². The van der Waals surface area contributed by atoms with Crippen LogP contribution in [0.5, 0.6) is 0 Å². The smallest absolute Gasteiger partial charge is 0.327 e. The van der Waals surface area contributed by atoms with Crippen molar-refractivity contribution >= 4 is 23.2 Å². The van der Waals surface area contributed by atoms with Gasteiger partial charge in [0, 0.05) is 0 Å². The van der Waals surface area contributed by atoms with Gasteiger partial charge in [0.15, 0.2) is 0 Å². The summed E-state index contributed by atoms with van der Waals surface area (Å²) in [4.78, 5) is 17.1. The number of nitro groups is 1. The van der Waals surface area contributed by atoms with E-state index in [0.29, 0.717) is 6.42 Å². The molecule has 7 heteroatoms. The third kappa shape index (κ3) is 1.83. The Morgan fingerprint density at radius 1 is 1.62 bits per heavy atom. The Balaban J connectivity index is 3.38. The third-order valence-electron chi connectivity index (χ3n) is 1.45. The molecule has 1 aromatic rings. The first kappa shape index (κ1) is 9.66. The van der Waals surface area contributed by atoms with Crippen molar-refractivity contribution in [2.24, 2.45) is 0 Å². The molecular weight excluding hydrogens is 196 g/mol. The van der Waals surface area contributed by atoms with Crippen molar-refractivity contribution in [1.82, 2.24) is 9.97 Å². The number of hydrogen-bond donors (Lipinski definition) is 1. The highest BCUT2D eigenvalue weighted by Crippen LogP contribution is 2.25. The van der Waals surface area contributed by atoms with Crippen LogP contribution in [0.25, 0.3) is 0 Å². The molecule has 0 radical (unpaired) electrons. The van der Waals surface area contributed by atoms with E-state index in [1.807, 2.05) is 0 Å². The van der Waals surface area contributed by atoms with Gasteiger partial charge in [0.2, 0.25) is 11.1 Å². The Labute approximate surface area is 78.9 Å². The molecule has 0 amide bonds. The van der Waals surface area contributed by atoms with Crippen LogP contribution in [0.15, 0.2) is 0 Å². The van der Waals surface area contributed by atoms with Crippen LogP contribution < -0.4 is 5.73 Å². The number of hydrogen-bond acceptors (Lipinski definition) is 5. The Hall–Kier alpha value is -1.43. The molecule has 2 N–H and O–H groups in total. The summed E-state index contributed by atoms with van der Waals surface area (Å²) in [5.74, 6) is -0.0487. The van der Waals surface area contributed by atoms with Gasteiger partial charge in [-0.25, -0.2) is 4.98 Å². The Morgan fingerprint density at radius 2 is 2.23 bits per heavy atom. The van der Waals surface area contributed by atoms with E-state index in [9.17, 15) is 10.1 Å². The predicted molar refractivity (Wildman–Crippen MR) is 47.5 cm³/mol. The highest BCUT2D eigenvalue weighted by atomic mass is 35.5. The van der Waals surface area contributed by atoms with Gasteiger partial charge in [0.05, 0.1) is 4.92 Å². The molecule has 6 nitrogen and oxygen atoms in total. The summed E-state index contributed by atoms with van der Waals surface area (Å²) in [6.07, 6.45) is 0.392. The first-order valence-electron chi connectivity index (χ1n) is 3.52. The van der Waals surface area contributed by atoms with Crippen LogP contribution in [0.2, 0.25) is 5.15 Å². The first-order valence-corrected chi connectivity index (χ1v) is 3.90. The van der Waals surface area contributed by atoms with E-state index in [-0.39, 0.29) is 22.5 Å². The minimum absolute atomic E-state index is 0.0487. The van der Waals surface area contributed by atoms with Gasteiger partial charge >= 0.3 is 5.69 Å². The van der Waals surface area contributed by atoms with Crippen LogP contribution in [-0.2, 0) is 6.42 Å². The van der Waals surface area contributed by atoms with Crippen LogP contribution in [-0.4, -0.2) is 14.9 Å². The van der Waals surface area contributed by atoms with Crippen LogP contribution in [0.4, 0.5) is 11.6 Å². The van der Waals surface area contributed by atoms with Gasteiger partial charge < -0.3 is 5.73 Å². The molecule has 0 unspecified atom stereocenters. The standard InChI is InChI=1S/C6H7ClN4O2/c1-2-3-4(11(12)13)5(7)10-6(8)9-3/h2H2,1H3,(H2,8,9,10). The maximum atomic E-state index is 10.5. The minimum atomic E-state index is -0.611. The number of nitrogen functional groups attached to an aromatic ring is 1. The summed E-state index contributed by atoms with van der Waals surface area (Å²) in [5.41, 5.74) is 5.26. The molecule has 0 aliphatic carbocycles. The van der Waals surface area contributed by atoms with E-state index in [1.54, 1.807) is 6.92 Å². The Morgan fingerprint density at radius 3 is 2.69 bits per heavy atom. The molecule has 0 spiro atoms. The van der Waals surface area contributed by atoms with E-state index in [0.717, 1.165) is 0 Å². The van der Waals surface area contributed by atoms with Gasteiger partial charge in [0.1, 0.15) is 5.69 Å². The van der Waals surface area contributed by atoms with Gasteiger partial charge in [-0.2, -0.15) is 4.98 Å². The van der Waals surface area contributed by atoms with Crippen LogP contribution >= 0.6 is 11.6 Å². The van der Waals surface area contributed by atoms with Crippen molar-refractivity contribution in [3.8, 4) is 0 Å². The lowest BCUT2D eigenvalue weighted by atomic mass is 10.3. The summed E-state index contributed by atoms with van der Waals surface area (Å²) in [6, 6.07) is 0. The van der Waals surface area contributed by atoms with E-state index in [4.69, 9.17) is 17.3 Å². The molecule has 70 valence electrons. The van der Waals surface area contributed by atoms with E-state index < -0.39 is 4.92 Å². The second kappa shape index (κ2) is 3.53. The number of rotatable bonds is 2. The number of nitrogens with two attached hydrogens (primary N) is 1. The van der Waals surface area contributed by atoms with Crippen molar-refractivity contribution in [2.45, 2.75) is 13.3 Å². The van der Waals surface area contributed by atoms with Crippen LogP contribution in [0.1, 0.15) is 12.6 Å². The maximum Gasteiger partial charge on any atom is 0.327 e. The van der Waals surface area contributed by atoms with E-state index in [1.165, 1.54) is 0 Å². The molecule has 1 heterocycles. The summed E-state index contributed by atoms with van der Waals surface area (Å²) in [7, 11) is 0. The molecule has 13 heavy (non-hydrogen) atoms. The zero-order valence-corrected chi connectivity index (χ0v) is 7.58. The number of aryl methyl sites for hydroxylation is 1. The summed E-state index contributed by atoms with van der Waals surface area (Å²) in [5, 5.41) is 10.3. The number of nitrogens with zero attached hydrogens (tertiary/aromatic N) is 3. The number of halogens is 1. The SMILES string of the molecule is CCc1nc(N)nc(Cl)c1[N+](=O)[O-]. The second-order valence-electron chi connectivity index (χ2n) is 2.28. The number of aromatic nitrogens is 2. The summed E-state index contributed by atoms with van der Waals surface area (Å²) < 4.78 is 0. The van der Waals surface area contributed by atoms with Crippen LogP contribution in [0, 0.1) is 10.1 Å². The molecule has 1 rings (SSSR count). The Bertz CT molecular complexity index is 355. The molecule has 1 aromatic heterocycles. The lowest BCUT2D eigenvalue weighted by Gasteiger charge is -2.00. The molecule has 0 atom stereocenters. The maximum absolute atomic E-state index is 10.5. The highest BCUT2D eigenvalue weighted by molar-refractivity contribution is 6.31. The molecular formula is C6H7ClN4O2. The zero-order chi connectivity index (χ0) is 10.0. The van der Waals surface area contributed by atoms with Gasteiger partial charge in [-0.1, -0.05) is 18.5 Å². The second-order valence-corrected chi connectivity index (χ2v) is 2.64. The fourth-order valence-corrected chi connectivity index (χ4v) is 1.18. The van der Waals surface area contributed by atoms with Gasteiger partial charge in [-0.3, -0.25) is 10.1 Å². The van der Waals surface area contributed by atoms with Gasteiger partial charge in [-0.15, -0.1) is 0 Å². The molecule has 0 saturated heterocycles. The molecule has 0 bridgehead atoms. The average Bonchev–Trinajstić information content (AvgIpc) is 2.01. The fourth-order valence-electron chi connectivity index (χ4n) is 0.916. The molecule has 0 aromatic carbocycles. The van der Waals surface area contributed by atoms with Crippen molar-refractivity contribution in [1.29, 1.82) is 0 Å². The normalized spacial score (nSPS) is 10.0. The predicted octanol–water partition coefficient (Wildman–Crippen LogP) is 1.18. The molecule has 0 saturated carbocycles. The molecule has 0 aliphatic heterocycles. The van der Waals surface area contributed by atoms with Crippen molar-refractivity contribution in [3.05, 3.63) is 21.0 Å². The minimum Gasteiger partial charge on any atom is -0.368 e. The first-order chi connectivity index (χ1) is 6.06. The number of anilines is 1. The Kier molecular flexibility index (Phi) is 2.62. The van der Waals surface area contributed by atoms with Crippen LogP contribution in [0.3, 0.4) is 0 Å². The fraction of sp³-hybridized carbons (Fsp3) is 0.333. The highest BCUT2D eigenvalue weighted by Gasteiger charge is 2.21. The summed E-state index contributed by atoms with van der Waals surface area (Å²) >= 11 is 5.54. The molecule has 0 aliphatic rings. The lowest BCUT2D eigenvalue weighted by molar-refractivity contribution is -0.386. The largest absolute Gasteiger partial charge is 0.368 e. The van der Waals surface area contributed by atoms with Gasteiger partial charge in [-0.05, 0) is 6.42 Å². The zero-order valence-electron chi connectivity index (χ0n) is 6.82. The van der Waals surface area contributed by atoms with E-state index in [2.05, 4.69) is 9.97 Å². The van der Waals surface area contributed by atoms with E-state index >= 15 is 0 Å². The van der Waals surface area contributed by atoms with Crippen molar-refractivity contribution in [2.75, 3.05) is 5.73 Å². The average molecular weight is 203 g/mol. The molecule has 0 fully saturated rings. The van der Waals surface area contributed by atoms with Gasteiger partial charge in [0.25, 0.3) is 0 Å². The van der Waals surface area contributed by atoms with Crippen molar-refractivity contribution < 1.29 is 4.92 Å². The lowest BCUT2D eigenvalue weighted by Crippen LogP contribution is -2.04. The quantitative estimate of drug-likeness (QED) is 0.441. The summed E-state index contributed by atoms with van der Waals surface area (Å²) in [6.45, 7) is 1.73. The third-order valence-corrected chi connectivity index (χ3v) is 1.71. The topological polar surface area (TPSA) is 94.9 Å².